The zero-order valence-corrected chi connectivity index (χ0v) is 41.7. The SMILES string of the molecule is C=CCCCCCCCCOP(=O)(O)O[C@H]1O[C@H](COC(=O)c2ccccc2)[C@@H](O[C@@H]2O[C@H](COC(C)=O)[C@H](OC(C)=O)[C@H](OC(C)=O)[C@H]2OC(C)=O)[C@@H](OC(=O)c2ccccc2)[C@@H]1OC(=O)c1ccccc1. The molecule has 0 saturated carbocycles. The van der Waals surface area contributed by atoms with Crippen molar-refractivity contribution in [1.82, 2.24) is 0 Å². The van der Waals surface area contributed by atoms with Crippen LogP contribution in [0.5, 0.6) is 0 Å². The number of unbranched alkanes of at least 4 members (excludes halogenated alkanes) is 6. The fraction of sp³-hybridized carbons (Fsp3) is 0.471. The van der Waals surface area contributed by atoms with E-state index in [-0.39, 0.29) is 23.3 Å². The van der Waals surface area contributed by atoms with E-state index in [1.54, 1.807) is 30.3 Å². The average Bonchev–Trinajstić information content (AvgIpc) is 3.35. The molecule has 0 amide bonds. The molecule has 3 aromatic rings. The lowest BCUT2D eigenvalue weighted by molar-refractivity contribution is -0.353. The standard InChI is InChI=1S/C51H61O21P/c1-6-7-8-9-10-11-12-22-29-63-73(59,60)72-51-46(70-49(58)38-27-20-15-21-28-38)44(69-48(57)37-25-18-14-19-26-37)42(40(68-51)31-62-47(56)36-23-16-13-17-24-36)71-50-45(66-35(5)55)43(65-34(4)54)41(64-33(3)53)39(67-50)30-61-32(2)52/h6,13-21,23-28,39-46,50-51H,1,7-12,22,29-31H2,2-5H3,(H,59,60)/t39-,40-,41+,42-,43+,44-,45-,46+,50+,51-/m1/s1. The smallest absolute Gasteiger partial charge is 0.463 e. The summed E-state index contributed by atoms with van der Waals surface area (Å²) >= 11 is 0. The van der Waals surface area contributed by atoms with Gasteiger partial charge >= 0.3 is 49.6 Å². The van der Waals surface area contributed by atoms with Gasteiger partial charge in [-0.25, -0.2) is 18.9 Å². The number of hydrogen-bond donors (Lipinski definition) is 1. The van der Waals surface area contributed by atoms with Crippen LogP contribution in [0.25, 0.3) is 0 Å². The largest absolute Gasteiger partial charge is 0.474 e. The van der Waals surface area contributed by atoms with E-state index in [0.29, 0.717) is 12.8 Å². The zero-order chi connectivity index (χ0) is 52.9. The molecular formula is C51H61O21P. The summed E-state index contributed by atoms with van der Waals surface area (Å²) in [4.78, 5) is 103. The zero-order valence-electron chi connectivity index (χ0n) is 40.8. The Morgan fingerprint density at radius 3 is 1.48 bits per heavy atom. The first-order chi connectivity index (χ1) is 35.0. The maximum absolute atomic E-state index is 14.3. The van der Waals surface area contributed by atoms with Crippen LogP contribution in [0.4, 0.5) is 0 Å². The van der Waals surface area contributed by atoms with Gasteiger partial charge in [0.25, 0.3) is 0 Å². The highest BCUT2D eigenvalue weighted by Gasteiger charge is 2.59. The summed E-state index contributed by atoms with van der Waals surface area (Å²) in [7, 11) is -5.19. The van der Waals surface area contributed by atoms with E-state index in [4.69, 9.17) is 56.4 Å². The van der Waals surface area contributed by atoms with Crippen molar-refractivity contribution in [3.63, 3.8) is 0 Å². The molecule has 0 aromatic heterocycles. The topological polar surface area (TPSA) is 268 Å². The van der Waals surface area contributed by atoms with Crippen molar-refractivity contribution < 1.29 is 99.4 Å². The van der Waals surface area contributed by atoms with Gasteiger partial charge in [0.2, 0.25) is 6.29 Å². The van der Waals surface area contributed by atoms with Crippen LogP contribution < -0.4 is 0 Å². The van der Waals surface area contributed by atoms with Crippen molar-refractivity contribution in [3.8, 4) is 0 Å². The number of ether oxygens (including phenoxy) is 10. The van der Waals surface area contributed by atoms with Gasteiger partial charge in [-0.3, -0.25) is 28.2 Å². The van der Waals surface area contributed by atoms with Crippen molar-refractivity contribution in [1.29, 1.82) is 0 Å². The Labute approximate surface area is 422 Å². The van der Waals surface area contributed by atoms with Crippen LogP contribution in [0, 0.1) is 0 Å². The molecule has 21 nitrogen and oxygen atoms in total. The van der Waals surface area contributed by atoms with Crippen LogP contribution in [0.15, 0.2) is 104 Å². The normalized spacial score (nSPS) is 24.3. The molecule has 0 spiro atoms. The number of benzene rings is 3. The van der Waals surface area contributed by atoms with E-state index in [0.717, 1.165) is 59.8 Å². The van der Waals surface area contributed by atoms with Crippen molar-refractivity contribution >= 4 is 49.6 Å². The first kappa shape index (κ1) is 57.6. The molecule has 5 rings (SSSR count). The summed E-state index contributed by atoms with van der Waals surface area (Å²) < 4.78 is 83.9. The Bertz CT molecular complexity index is 2350. The van der Waals surface area contributed by atoms with E-state index < -0.39 is 124 Å². The van der Waals surface area contributed by atoms with E-state index >= 15 is 0 Å². The minimum absolute atomic E-state index is 0.0433. The van der Waals surface area contributed by atoms with Crippen molar-refractivity contribution in [2.45, 2.75) is 134 Å². The lowest BCUT2D eigenvalue weighted by Crippen LogP contribution is -2.67. The number of esters is 7. The molecule has 0 radical (unpaired) electrons. The Morgan fingerprint density at radius 2 is 0.945 bits per heavy atom. The monoisotopic (exact) mass is 1040 g/mol. The quantitative estimate of drug-likeness (QED) is 0.0294. The number of phosphoric acid groups is 1. The fourth-order valence-corrected chi connectivity index (χ4v) is 8.61. The van der Waals surface area contributed by atoms with E-state index in [1.807, 2.05) is 6.08 Å². The minimum Gasteiger partial charge on any atom is -0.463 e. The second kappa shape index (κ2) is 28.8. The number of carbonyl (C=O) groups excluding carboxylic acids is 7. The Morgan fingerprint density at radius 1 is 0.521 bits per heavy atom. The highest BCUT2D eigenvalue weighted by molar-refractivity contribution is 7.47. The first-order valence-corrected chi connectivity index (χ1v) is 25.1. The Kier molecular flexibility index (Phi) is 22.7. The van der Waals surface area contributed by atoms with Gasteiger partial charge in [-0.1, -0.05) is 86.4 Å². The third kappa shape index (κ3) is 18.3. The lowest BCUT2D eigenvalue weighted by Gasteiger charge is -2.48. The second-order valence-corrected chi connectivity index (χ2v) is 18.2. The van der Waals surface area contributed by atoms with Crippen LogP contribution in [-0.2, 0) is 80.2 Å². The fourth-order valence-electron chi connectivity index (χ4n) is 7.76. The first-order valence-electron chi connectivity index (χ1n) is 23.6. The summed E-state index contributed by atoms with van der Waals surface area (Å²) in [5, 5.41) is 0. The molecule has 2 aliphatic rings. The van der Waals surface area contributed by atoms with Crippen LogP contribution in [0.1, 0.15) is 104 Å². The van der Waals surface area contributed by atoms with Gasteiger partial charge in [0.15, 0.2) is 36.8 Å². The highest BCUT2D eigenvalue weighted by atomic mass is 31.2. The van der Waals surface area contributed by atoms with Gasteiger partial charge < -0.3 is 52.3 Å². The van der Waals surface area contributed by atoms with E-state index in [1.165, 1.54) is 60.7 Å². The molecule has 1 unspecified atom stereocenters. The number of allylic oxidation sites excluding steroid dienone is 1. The molecule has 22 heteroatoms. The molecule has 11 atom stereocenters. The summed E-state index contributed by atoms with van der Waals surface area (Å²) in [5.41, 5.74) is -0.0113. The molecule has 2 fully saturated rings. The van der Waals surface area contributed by atoms with Gasteiger partial charge in [-0.05, 0) is 55.7 Å². The molecule has 1 N–H and O–H groups in total. The van der Waals surface area contributed by atoms with Crippen LogP contribution in [0.3, 0.4) is 0 Å². The summed E-state index contributed by atoms with van der Waals surface area (Å²) in [6, 6.07) is 22.6. The van der Waals surface area contributed by atoms with Crippen LogP contribution in [0.2, 0.25) is 0 Å². The van der Waals surface area contributed by atoms with Gasteiger partial charge in [-0.2, -0.15) is 0 Å². The maximum atomic E-state index is 14.3. The molecule has 73 heavy (non-hydrogen) atoms. The van der Waals surface area contributed by atoms with E-state index in [2.05, 4.69) is 6.58 Å². The number of phosphoric ester groups is 1. The van der Waals surface area contributed by atoms with Gasteiger partial charge in [-0.15, -0.1) is 6.58 Å². The Hall–Kier alpha value is -6.32. The third-order valence-electron chi connectivity index (χ3n) is 11.0. The predicted molar refractivity (Wildman–Crippen MR) is 253 cm³/mol. The number of rotatable bonds is 26. The summed E-state index contributed by atoms with van der Waals surface area (Å²) in [6.07, 6.45) is -11.3. The van der Waals surface area contributed by atoms with Crippen molar-refractivity contribution in [3.05, 3.63) is 120 Å². The molecular weight excluding hydrogens is 980 g/mol. The van der Waals surface area contributed by atoms with Gasteiger partial charge in [0.05, 0.1) is 23.3 Å². The molecule has 396 valence electrons. The van der Waals surface area contributed by atoms with Gasteiger partial charge in [0, 0.05) is 27.7 Å². The summed E-state index contributed by atoms with van der Waals surface area (Å²) in [6.45, 7) is 6.10. The summed E-state index contributed by atoms with van der Waals surface area (Å²) in [5.74, 6) is -6.74. The predicted octanol–water partition coefficient (Wildman–Crippen LogP) is 6.54. The van der Waals surface area contributed by atoms with Gasteiger partial charge in [0.1, 0.15) is 31.5 Å². The van der Waals surface area contributed by atoms with Crippen LogP contribution in [-0.4, -0.2) is 128 Å². The molecule has 0 aliphatic carbocycles. The molecule has 2 saturated heterocycles. The Balaban J connectivity index is 1.64. The average molecular weight is 1040 g/mol. The number of hydrogen-bond acceptors (Lipinski definition) is 20. The maximum Gasteiger partial charge on any atom is 0.474 e. The van der Waals surface area contributed by atoms with E-state index in [9.17, 15) is 43.0 Å². The van der Waals surface area contributed by atoms with Crippen molar-refractivity contribution in [2.24, 2.45) is 0 Å². The second-order valence-electron chi connectivity index (χ2n) is 16.8. The number of carbonyl (C=O) groups is 7. The third-order valence-corrected chi connectivity index (χ3v) is 12.0. The molecule has 2 heterocycles. The molecule has 2 aliphatic heterocycles. The van der Waals surface area contributed by atoms with Crippen LogP contribution >= 0.6 is 7.82 Å². The molecule has 3 aromatic carbocycles. The molecule has 0 bridgehead atoms. The van der Waals surface area contributed by atoms with Crippen molar-refractivity contribution in [2.75, 3.05) is 19.8 Å². The lowest BCUT2D eigenvalue weighted by atomic mass is 9.96. The highest BCUT2D eigenvalue weighted by Crippen LogP contribution is 2.48. The minimum atomic E-state index is -5.19.